The molecule has 2 rings (SSSR count). The van der Waals surface area contributed by atoms with E-state index in [2.05, 4.69) is 35.8 Å². The summed E-state index contributed by atoms with van der Waals surface area (Å²) in [6.07, 6.45) is 3.88. The van der Waals surface area contributed by atoms with Crippen LogP contribution in [0.1, 0.15) is 11.1 Å². The van der Waals surface area contributed by atoms with Gasteiger partial charge in [-0.2, -0.15) is 0 Å². The lowest BCUT2D eigenvalue weighted by Crippen LogP contribution is -2.05. The fraction of sp³-hybridized carbons (Fsp3) is 0.154. The molecule has 0 aliphatic carbocycles. The van der Waals surface area contributed by atoms with Gasteiger partial charge in [0, 0.05) is 18.9 Å². The van der Waals surface area contributed by atoms with Crippen molar-refractivity contribution >= 4 is 0 Å². The molecule has 2 heteroatoms. The smallest absolute Gasteiger partial charge is 0.0568 e. The van der Waals surface area contributed by atoms with Crippen LogP contribution in [0.15, 0.2) is 48.8 Å². The number of rotatable bonds is 2. The third-order valence-electron chi connectivity index (χ3n) is 2.51. The van der Waals surface area contributed by atoms with E-state index in [1.54, 1.807) is 12.1 Å². The van der Waals surface area contributed by atoms with Crippen molar-refractivity contribution < 1.29 is 0 Å². The summed E-state index contributed by atoms with van der Waals surface area (Å²) in [5.41, 5.74) is 2.63. The highest BCUT2D eigenvalue weighted by Gasteiger charge is 1.96. The minimum Gasteiger partial charge on any atom is -0.350 e. The molecule has 0 aliphatic heterocycles. The Kier molecular flexibility index (Phi) is 2.68. The average molecular weight is 198 g/mol. The summed E-state index contributed by atoms with van der Waals surface area (Å²) >= 11 is 0. The predicted octanol–water partition coefficient (Wildman–Crippen LogP) is 2.32. The van der Waals surface area contributed by atoms with Crippen LogP contribution < -0.4 is 5.36 Å². The first kappa shape index (κ1) is 9.71. The third-order valence-corrected chi connectivity index (χ3v) is 2.51. The van der Waals surface area contributed by atoms with Gasteiger partial charge in [-0.25, -0.2) is 0 Å². The van der Waals surface area contributed by atoms with Crippen LogP contribution in [0.3, 0.4) is 0 Å². The van der Waals surface area contributed by atoms with E-state index in [0.717, 1.165) is 6.54 Å². The number of pyridine rings is 1. The molecule has 1 aromatic heterocycles. The van der Waals surface area contributed by atoms with Crippen molar-refractivity contribution in [3.63, 3.8) is 0 Å². The minimum absolute atomic E-state index is 0.552. The molecule has 0 spiro atoms. The fourth-order valence-electron chi connectivity index (χ4n) is 1.55. The second-order valence-electron chi connectivity index (χ2n) is 3.69. The third kappa shape index (κ3) is 2.34. The molecule has 0 fully saturated rings. The number of aryl methyl sites for hydroxylation is 1. The molecular formula is C13H14N2. The summed E-state index contributed by atoms with van der Waals surface area (Å²) in [5, 5.41) is 7.95. The summed E-state index contributed by atoms with van der Waals surface area (Å²) in [5.74, 6) is 0. The summed E-state index contributed by atoms with van der Waals surface area (Å²) in [4.78, 5) is 0. The molecule has 1 aromatic carbocycles. The SMILES string of the molecule is Cc1ccccc1Cn1ccc(=N)cc1. The van der Waals surface area contributed by atoms with Crippen LogP contribution in [-0.2, 0) is 6.54 Å². The topological polar surface area (TPSA) is 28.8 Å². The Morgan fingerprint density at radius 2 is 1.73 bits per heavy atom. The number of hydrogen-bond acceptors (Lipinski definition) is 1. The predicted molar refractivity (Wildman–Crippen MR) is 60.6 cm³/mol. The Hall–Kier alpha value is -1.83. The maximum Gasteiger partial charge on any atom is 0.0568 e. The van der Waals surface area contributed by atoms with Gasteiger partial charge in [0.2, 0.25) is 0 Å². The van der Waals surface area contributed by atoms with E-state index in [-0.39, 0.29) is 0 Å². The summed E-state index contributed by atoms with van der Waals surface area (Å²) < 4.78 is 2.08. The van der Waals surface area contributed by atoms with Gasteiger partial charge in [-0.3, -0.25) is 0 Å². The minimum atomic E-state index is 0.552. The molecule has 0 saturated heterocycles. The molecular weight excluding hydrogens is 184 g/mol. The van der Waals surface area contributed by atoms with Crippen LogP contribution in [0.25, 0.3) is 0 Å². The Bertz CT molecular complexity index is 491. The maximum atomic E-state index is 7.40. The van der Waals surface area contributed by atoms with Crippen LogP contribution >= 0.6 is 0 Å². The Balaban J connectivity index is 2.26. The quantitative estimate of drug-likeness (QED) is 0.767. The standard InChI is InChI=1S/C13H14N2/c1-11-4-2-3-5-12(11)10-15-8-6-13(14)7-9-15/h2-9,14H,10H2,1H3. The average Bonchev–Trinajstić information content (AvgIpc) is 2.25. The van der Waals surface area contributed by atoms with Crippen LogP contribution in [0.2, 0.25) is 0 Å². The van der Waals surface area contributed by atoms with Gasteiger partial charge in [0.1, 0.15) is 0 Å². The van der Waals surface area contributed by atoms with E-state index in [1.165, 1.54) is 11.1 Å². The monoisotopic (exact) mass is 198 g/mol. The fourth-order valence-corrected chi connectivity index (χ4v) is 1.55. The Labute approximate surface area is 89.3 Å². The lowest BCUT2D eigenvalue weighted by molar-refractivity contribution is 0.781. The van der Waals surface area contributed by atoms with E-state index in [1.807, 2.05) is 12.4 Å². The van der Waals surface area contributed by atoms with Gasteiger partial charge in [-0.05, 0) is 30.2 Å². The zero-order valence-corrected chi connectivity index (χ0v) is 8.77. The molecule has 2 aromatic rings. The maximum absolute atomic E-state index is 7.40. The molecule has 0 atom stereocenters. The second-order valence-corrected chi connectivity index (χ2v) is 3.69. The molecule has 0 aliphatic rings. The summed E-state index contributed by atoms with van der Waals surface area (Å²) in [7, 11) is 0. The number of hydrogen-bond donors (Lipinski definition) is 1. The molecule has 0 amide bonds. The molecule has 1 heterocycles. The molecule has 2 nitrogen and oxygen atoms in total. The number of nitrogens with zero attached hydrogens (tertiary/aromatic N) is 1. The first-order valence-corrected chi connectivity index (χ1v) is 5.01. The van der Waals surface area contributed by atoms with Crippen LogP contribution in [0, 0.1) is 12.3 Å². The van der Waals surface area contributed by atoms with Gasteiger partial charge >= 0.3 is 0 Å². The second kappa shape index (κ2) is 4.13. The van der Waals surface area contributed by atoms with E-state index < -0.39 is 0 Å². The van der Waals surface area contributed by atoms with Gasteiger partial charge in [-0.1, -0.05) is 24.3 Å². The lowest BCUT2D eigenvalue weighted by atomic mass is 10.1. The number of aromatic nitrogens is 1. The zero-order chi connectivity index (χ0) is 10.7. The molecule has 1 N–H and O–H groups in total. The highest BCUT2D eigenvalue weighted by molar-refractivity contribution is 5.25. The van der Waals surface area contributed by atoms with Gasteiger partial charge in [0.05, 0.1) is 5.36 Å². The Morgan fingerprint density at radius 3 is 2.40 bits per heavy atom. The molecule has 0 radical (unpaired) electrons. The first-order valence-electron chi connectivity index (χ1n) is 5.01. The van der Waals surface area contributed by atoms with Crippen molar-refractivity contribution in [1.82, 2.24) is 4.57 Å². The lowest BCUT2D eigenvalue weighted by Gasteiger charge is -2.08. The largest absolute Gasteiger partial charge is 0.350 e. The van der Waals surface area contributed by atoms with Crippen molar-refractivity contribution in [3.05, 3.63) is 65.3 Å². The number of benzene rings is 1. The normalized spacial score (nSPS) is 10.2. The summed E-state index contributed by atoms with van der Waals surface area (Å²) in [6, 6.07) is 12.0. The zero-order valence-electron chi connectivity index (χ0n) is 8.77. The van der Waals surface area contributed by atoms with Gasteiger partial charge < -0.3 is 9.98 Å². The first-order chi connectivity index (χ1) is 7.25. The molecule has 15 heavy (non-hydrogen) atoms. The van der Waals surface area contributed by atoms with E-state index in [4.69, 9.17) is 5.41 Å². The molecule has 76 valence electrons. The number of nitrogens with one attached hydrogen (secondary N) is 1. The van der Waals surface area contributed by atoms with Crippen molar-refractivity contribution in [2.24, 2.45) is 0 Å². The summed E-state index contributed by atoms with van der Waals surface area (Å²) in [6.45, 7) is 2.99. The highest BCUT2D eigenvalue weighted by Crippen LogP contribution is 2.08. The molecule has 0 bridgehead atoms. The van der Waals surface area contributed by atoms with Crippen molar-refractivity contribution in [3.8, 4) is 0 Å². The van der Waals surface area contributed by atoms with Crippen LogP contribution in [0.4, 0.5) is 0 Å². The van der Waals surface area contributed by atoms with Crippen LogP contribution in [0.5, 0.6) is 0 Å². The van der Waals surface area contributed by atoms with E-state index in [0.29, 0.717) is 5.36 Å². The highest BCUT2D eigenvalue weighted by atomic mass is 14.9. The van der Waals surface area contributed by atoms with Gasteiger partial charge in [-0.15, -0.1) is 0 Å². The van der Waals surface area contributed by atoms with Crippen LogP contribution in [-0.4, -0.2) is 4.57 Å². The Morgan fingerprint density at radius 1 is 1.07 bits per heavy atom. The van der Waals surface area contributed by atoms with E-state index >= 15 is 0 Å². The van der Waals surface area contributed by atoms with Gasteiger partial charge in [0.25, 0.3) is 0 Å². The van der Waals surface area contributed by atoms with Crippen molar-refractivity contribution in [1.29, 1.82) is 5.41 Å². The van der Waals surface area contributed by atoms with Crippen molar-refractivity contribution in [2.75, 3.05) is 0 Å². The van der Waals surface area contributed by atoms with E-state index in [9.17, 15) is 0 Å². The van der Waals surface area contributed by atoms with Crippen molar-refractivity contribution in [2.45, 2.75) is 13.5 Å². The molecule has 0 unspecified atom stereocenters. The molecule has 0 saturated carbocycles. The van der Waals surface area contributed by atoms with Gasteiger partial charge in [0.15, 0.2) is 0 Å².